The van der Waals surface area contributed by atoms with Crippen LogP contribution in [0.2, 0.25) is 10.0 Å². The molecule has 30 heavy (non-hydrogen) atoms. The summed E-state index contributed by atoms with van der Waals surface area (Å²) in [6.45, 7) is 0.109. The maximum Gasteiger partial charge on any atom is 0.335 e. The second-order valence-electron chi connectivity index (χ2n) is 6.44. The maximum atomic E-state index is 13.1. The molecule has 0 spiro atoms. The SMILES string of the molecule is N#CCn1cc(C=C2C(=O)NC(=O)N(c3ccc(Cl)c(Cl)c3)C2=O)c2ccccc21. The first kappa shape index (κ1) is 19.7. The van der Waals surface area contributed by atoms with Crippen LogP contribution in [-0.2, 0) is 16.1 Å². The van der Waals surface area contributed by atoms with E-state index in [1.54, 1.807) is 10.8 Å². The fourth-order valence-electron chi connectivity index (χ4n) is 3.27. The Morgan fingerprint density at radius 1 is 1.07 bits per heavy atom. The highest BCUT2D eigenvalue weighted by molar-refractivity contribution is 6.43. The van der Waals surface area contributed by atoms with Gasteiger partial charge in [-0.2, -0.15) is 5.26 Å². The van der Waals surface area contributed by atoms with Crippen molar-refractivity contribution in [1.82, 2.24) is 9.88 Å². The van der Waals surface area contributed by atoms with E-state index >= 15 is 0 Å². The first-order valence-corrected chi connectivity index (χ1v) is 9.47. The largest absolute Gasteiger partial charge is 0.335 e. The minimum atomic E-state index is -0.882. The van der Waals surface area contributed by atoms with Crippen molar-refractivity contribution in [3.63, 3.8) is 0 Å². The number of nitrogens with zero attached hydrogens (tertiary/aromatic N) is 3. The predicted molar refractivity (Wildman–Crippen MR) is 113 cm³/mol. The number of barbiturate groups is 1. The zero-order valence-corrected chi connectivity index (χ0v) is 16.7. The van der Waals surface area contributed by atoms with Gasteiger partial charge in [0.25, 0.3) is 11.8 Å². The van der Waals surface area contributed by atoms with Crippen LogP contribution in [0.5, 0.6) is 0 Å². The lowest BCUT2D eigenvalue weighted by Crippen LogP contribution is -2.54. The Morgan fingerprint density at radius 3 is 2.57 bits per heavy atom. The van der Waals surface area contributed by atoms with Crippen LogP contribution in [0.1, 0.15) is 5.56 Å². The average Bonchev–Trinajstić information content (AvgIpc) is 3.06. The summed E-state index contributed by atoms with van der Waals surface area (Å²) in [6.07, 6.45) is 3.09. The van der Waals surface area contributed by atoms with E-state index in [1.165, 1.54) is 24.3 Å². The molecule has 148 valence electrons. The van der Waals surface area contributed by atoms with Crippen molar-refractivity contribution >= 4 is 63.7 Å². The molecule has 0 atom stereocenters. The fourth-order valence-corrected chi connectivity index (χ4v) is 3.56. The van der Waals surface area contributed by atoms with Gasteiger partial charge in [0.15, 0.2) is 0 Å². The summed E-state index contributed by atoms with van der Waals surface area (Å²) in [5.41, 5.74) is 1.31. The molecule has 4 rings (SSSR count). The van der Waals surface area contributed by atoms with Crippen molar-refractivity contribution in [3.8, 4) is 6.07 Å². The topological polar surface area (TPSA) is 95.2 Å². The number of carbonyl (C=O) groups excluding carboxylic acids is 3. The Labute approximate surface area is 180 Å². The lowest BCUT2D eigenvalue weighted by molar-refractivity contribution is -0.122. The summed E-state index contributed by atoms with van der Waals surface area (Å²) < 4.78 is 1.72. The van der Waals surface area contributed by atoms with Gasteiger partial charge in [-0.25, -0.2) is 9.69 Å². The van der Waals surface area contributed by atoms with Gasteiger partial charge < -0.3 is 4.57 Å². The summed E-state index contributed by atoms with van der Waals surface area (Å²) >= 11 is 11.9. The Hall–Kier alpha value is -3.60. The first-order chi connectivity index (χ1) is 14.4. The third kappa shape index (κ3) is 3.32. The number of carbonyl (C=O) groups is 3. The molecule has 1 saturated heterocycles. The summed E-state index contributed by atoms with van der Waals surface area (Å²) in [5, 5.41) is 12.4. The van der Waals surface area contributed by atoms with Crippen LogP contribution in [0.3, 0.4) is 0 Å². The highest BCUT2D eigenvalue weighted by Gasteiger charge is 2.37. The third-order valence-corrected chi connectivity index (χ3v) is 5.36. The molecule has 1 aromatic heterocycles. The molecule has 2 aromatic carbocycles. The van der Waals surface area contributed by atoms with Gasteiger partial charge >= 0.3 is 6.03 Å². The van der Waals surface area contributed by atoms with Crippen molar-refractivity contribution in [3.05, 3.63) is 69.8 Å². The molecule has 0 saturated carbocycles. The normalized spacial score (nSPS) is 15.6. The van der Waals surface area contributed by atoms with Crippen molar-refractivity contribution < 1.29 is 14.4 Å². The van der Waals surface area contributed by atoms with Crippen LogP contribution in [0.15, 0.2) is 54.2 Å². The van der Waals surface area contributed by atoms with Gasteiger partial charge in [0, 0.05) is 22.7 Å². The minimum Gasteiger partial charge on any atom is -0.333 e. The number of para-hydroxylation sites is 1. The molecule has 3 aromatic rings. The van der Waals surface area contributed by atoms with E-state index in [2.05, 4.69) is 11.4 Å². The quantitative estimate of drug-likeness (QED) is 0.490. The van der Waals surface area contributed by atoms with E-state index in [0.29, 0.717) is 5.56 Å². The van der Waals surface area contributed by atoms with Crippen molar-refractivity contribution in [2.24, 2.45) is 0 Å². The summed E-state index contributed by atoms with van der Waals surface area (Å²) in [6, 6.07) is 12.8. The lowest BCUT2D eigenvalue weighted by Gasteiger charge is -2.26. The number of anilines is 1. The second-order valence-corrected chi connectivity index (χ2v) is 7.26. The smallest absolute Gasteiger partial charge is 0.333 e. The number of aromatic nitrogens is 1. The van der Waals surface area contributed by atoms with Gasteiger partial charge in [0.05, 0.1) is 21.8 Å². The van der Waals surface area contributed by atoms with Crippen LogP contribution >= 0.6 is 23.2 Å². The van der Waals surface area contributed by atoms with Crippen molar-refractivity contribution in [2.75, 3.05) is 4.90 Å². The third-order valence-electron chi connectivity index (χ3n) is 4.62. The molecule has 2 heterocycles. The van der Waals surface area contributed by atoms with Crippen molar-refractivity contribution in [2.45, 2.75) is 6.54 Å². The van der Waals surface area contributed by atoms with Gasteiger partial charge in [-0.05, 0) is 30.3 Å². The number of hydrogen-bond donors (Lipinski definition) is 1. The van der Waals surface area contributed by atoms with Crippen LogP contribution in [0.25, 0.3) is 17.0 Å². The summed E-state index contributed by atoms with van der Waals surface area (Å²) in [4.78, 5) is 38.7. The Kier molecular flexibility index (Phi) is 5.04. The number of rotatable bonds is 3. The van der Waals surface area contributed by atoms with Crippen LogP contribution in [0, 0.1) is 11.3 Å². The van der Waals surface area contributed by atoms with Gasteiger partial charge in [-0.3, -0.25) is 14.9 Å². The number of hydrogen-bond acceptors (Lipinski definition) is 4. The zero-order valence-electron chi connectivity index (χ0n) is 15.2. The van der Waals surface area contributed by atoms with Crippen LogP contribution in [0.4, 0.5) is 10.5 Å². The van der Waals surface area contributed by atoms with Crippen LogP contribution < -0.4 is 10.2 Å². The van der Waals surface area contributed by atoms with E-state index < -0.39 is 17.8 Å². The maximum absolute atomic E-state index is 13.1. The molecule has 1 fully saturated rings. The molecule has 0 unspecified atom stereocenters. The molecule has 1 aliphatic heterocycles. The molecular formula is C21H12Cl2N4O3. The lowest BCUT2D eigenvalue weighted by atomic mass is 10.1. The first-order valence-electron chi connectivity index (χ1n) is 8.72. The Balaban J connectivity index is 1.81. The number of nitriles is 1. The average molecular weight is 439 g/mol. The molecule has 4 amide bonds. The van der Waals surface area contributed by atoms with E-state index in [9.17, 15) is 14.4 Å². The molecule has 7 nitrogen and oxygen atoms in total. The molecular weight excluding hydrogens is 427 g/mol. The summed E-state index contributed by atoms with van der Waals surface area (Å²) in [7, 11) is 0. The van der Waals surface area contributed by atoms with Crippen molar-refractivity contribution in [1.29, 1.82) is 5.26 Å². The number of urea groups is 1. The Bertz CT molecular complexity index is 1300. The highest BCUT2D eigenvalue weighted by Crippen LogP contribution is 2.30. The number of imide groups is 2. The van der Waals surface area contributed by atoms with Gasteiger partial charge in [-0.15, -0.1) is 0 Å². The summed E-state index contributed by atoms with van der Waals surface area (Å²) in [5.74, 6) is -1.60. The standard InChI is InChI=1S/C21H12Cl2N4O3/c22-16-6-5-13(10-17(16)23)27-20(29)15(19(28)25-21(27)30)9-12-11-26(8-7-24)18-4-2-1-3-14(12)18/h1-6,9-11H,8H2,(H,25,28,30). The molecule has 1 aliphatic rings. The molecule has 0 bridgehead atoms. The zero-order chi connectivity index (χ0) is 21.4. The van der Waals surface area contributed by atoms with Crippen LogP contribution in [-0.4, -0.2) is 22.4 Å². The number of halogens is 2. The monoisotopic (exact) mass is 438 g/mol. The molecule has 0 aliphatic carbocycles. The second kappa shape index (κ2) is 7.67. The molecule has 1 N–H and O–H groups in total. The molecule has 9 heteroatoms. The Morgan fingerprint density at radius 2 is 1.83 bits per heavy atom. The van der Waals surface area contributed by atoms with E-state index in [0.717, 1.165) is 15.8 Å². The predicted octanol–water partition coefficient (Wildman–Crippen LogP) is 4.14. The minimum absolute atomic E-state index is 0.109. The highest BCUT2D eigenvalue weighted by atomic mass is 35.5. The van der Waals surface area contributed by atoms with Gasteiger partial charge in [0.2, 0.25) is 0 Å². The number of amides is 4. The number of fused-ring (bicyclic) bond motifs is 1. The van der Waals surface area contributed by atoms with E-state index in [1.807, 2.05) is 24.3 Å². The number of benzene rings is 2. The van der Waals surface area contributed by atoms with E-state index in [4.69, 9.17) is 28.5 Å². The number of nitrogens with one attached hydrogen (secondary N) is 1. The van der Waals surface area contributed by atoms with E-state index in [-0.39, 0.29) is 27.9 Å². The van der Waals surface area contributed by atoms with Gasteiger partial charge in [0.1, 0.15) is 12.1 Å². The molecule has 0 radical (unpaired) electrons. The fraction of sp³-hybridized carbons (Fsp3) is 0.0476. The van der Waals surface area contributed by atoms with Gasteiger partial charge in [-0.1, -0.05) is 41.4 Å².